The van der Waals surface area contributed by atoms with E-state index in [9.17, 15) is 9.59 Å². The Morgan fingerprint density at radius 1 is 1.33 bits per heavy atom. The van der Waals surface area contributed by atoms with Crippen LogP contribution in [0.3, 0.4) is 0 Å². The summed E-state index contributed by atoms with van der Waals surface area (Å²) in [5.74, 6) is -0.00340. The first-order chi connectivity index (χ1) is 11.6. The second-order valence-electron chi connectivity index (χ2n) is 5.17. The number of carbonyl (C=O) groups excluding carboxylic acids is 2. The molecule has 6 nitrogen and oxygen atoms in total. The number of carbonyl (C=O) groups is 2. The summed E-state index contributed by atoms with van der Waals surface area (Å²) in [5, 5.41) is 10.5. The van der Waals surface area contributed by atoms with Crippen LogP contribution in [0.25, 0.3) is 0 Å². The van der Waals surface area contributed by atoms with Gasteiger partial charge in [-0.2, -0.15) is 0 Å². The molecule has 0 aliphatic rings. The van der Waals surface area contributed by atoms with Crippen molar-refractivity contribution >= 4 is 40.6 Å². The van der Waals surface area contributed by atoms with Gasteiger partial charge in [-0.1, -0.05) is 48.2 Å². The molecule has 0 aliphatic heterocycles. The third-order valence-corrected chi connectivity index (χ3v) is 5.10. The molecular formula is C16H20N4O2S2. The molecule has 0 spiro atoms. The quantitative estimate of drug-likeness (QED) is 0.729. The number of nitrogens with one attached hydrogen (secondary N) is 1. The van der Waals surface area contributed by atoms with Gasteiger partial charge in [0.2, 0.25) is 11.8 Å². The third-order valence-electron chi connectivity index (χ3n) is 3.26. The van der Waals surface area contributed by atoms with E-state index in [4.69, 9.17) is 0 Å². The Hall–Kier alpha value is -1.93. The number of anilines is 1. The highest BCUT2D eigenvalue weighted by Crippen LogP contribution is 2.19. The van der Waals surface area contributed by atoms with E-state index < -0.39 is 0 Å². The molecule has 0 aliphatic carbocycles. The minimum Gasteiger partial charge on any atom is -0.333 e. The van der Waals surface area contributed by atoms with E-state index in [0.29, 0.717) is 6.54 Å². The molecule has 0 fully saturated rings. The first-order valence-electron chi connectivity index (χ1n) is 7.62. The van der Waals surface area contributed by atoms with Crippen molar-refractivity contribution in [1.29, 1.82) is 0 Å². The maximum Gasteiger partial charge on any atom is 0.244 e. The smallest absolute Gasteiger partial charge is 0.244 e. The topological polar surface area (TPSA) is 75.2 Å². The zero-order valence-corrected chi connectivity index (χ0v) is 15.3. The summed E-state index contributed by atoms with van der Waals surface area (Å²) >= 11 is 2.74. The van der Waals surface area contributed by atoms with Gasteiger partial charge in [-0.25, -0.2) is 0 Å². The molecule has 1 aromatic heterocycles. The average Bonchev–Trinajstić information content (AvgIpc) is 3.08. The molecule has 2 amide bonds. The van der Waals surface area contributed by atoms with Gasteiger partial charge < -0.3 is 10.2 Å². The molecular weight excluding hydrogens is 344 g/mol. The van der Waals surface area contributed by atoms with E-state index in [0.717, 1.165) is 22.0 Å². The van der Waals surface area contributed by atoms with Crippen molar-refractivity contribution in [3.8, 4) is 0 Å². The van der Waals surface area contributed by atoms with Gasteiger partial charge in [0.25, 0.3) is 0 Å². The van der Waals surface area contributed by atoms with Crippen molar-refractivity contribution in [1.82, 2.24) is 15.1 Å². The lowest BCUT2D eigenvalue weighted by atomic mass is 10.2. The monoisotopic (exact) mass is 364 g/mol. The van der Waals surface area contributed by atoms with Crippen LogP contribution >= 0.6 is 23.1 Å². The standard InChI is InChI=1S/C16H20N4O2S2/c1-3-8-20(15(22)10-23-16-19-17-11-24-16)9-14(21)18-13-7-5-4-6-12(13)2/h4-7,11H,3,8-10H2,1-2H3,(H,18,21). The largest absolute Gasteiger partial charge is 0.333 e. The lowest BCUT2D eigenvalue weighted by molar-refractivity contribution is -0.132. The minimum absolute atomic E-state index is 0.0533. The summed E-state index contributed by atoms with van der Waals surface area (Å²) in [7, 11) is 0. The molecule has 128 valence electrons. The minimum atomic E-state index is -0.188. The van der Waals surface area contributed by atoms with Gasteiger partial charge in [0.15, 0.2) is 4.34 Å². The highest BCUT2D eigenvalue weighted by molar-refractivity contribution is 8.01. The third kappa shape index (κ3) is 5.61. The molecule has 0 unspecified atom stereocenters. The van der Waals surface area contributed by atoms with E-state index in [1.54, 1.807) is 10.4 Å². The summed E-state index contributed by atoms with van der Waals surface area (Å²) in [6, 6.07) is 7.58. The van der Waals surface area contributed by atoms with Crippen LogP contribution in [0.5, 0.6) is 0 Å². The van der Waals surface area contributed by atoms with Crippen LogP contribution in [0.2, 0.25) is 0 Å². The number of aryl methyl sites for hydroxylation is 1. The van der Waals surface area contributed by atoms with Crippen molar-refractivity contribution in [3.63, 3.8) is 0 Å². The molecule has 0 radical (unpaired) electrons. The normalized spacial score (nSPS) is 10.4. The van der Waals surface area contributed by atoms with Crippen LogP contribution in [0.4, 0.5) is 5.69 Å². The van der Waals surface area contributed by atoms with Crippen LogP contribution in [0, 0.1) is 6.92 Å². The first-order valence-corrected chi connectivity index (χ1v) is 9.49. The Balaban J connectivity index is 1.90. The van der Waals surface area contributed by atoms with E-state index in [1.807, 2.05) is 38.1 Å². The van der Waals surface area contributed by atoms with Crippen LogP contribution in [-0.4, -0.2) is 45.8 Å². The number of hydrogen-bond donors (Lipinski definition) is 1. The molecule has 2 aromatic rings. The van der Waals surface area contributed by atoms with Gasteiger partial charge in [-0.15, -0.1) is 10.2 Å². The number of benzene rings is 1. The summed E-state index contributed by atoms with van der Waals surface area (Å²) in [6.07, 6.45) is 0.798. The molecule has 8 heteroatoms. The predicted octanol–water partition coefficient (Wildman–Crippen LogP) is 2.82. The van der Waals surface area contributed by atoms with E-state index in [1.165, 1.54) is 23.1 Å². The second-order valence-corrected chi connectivity index (χ2v) is 7.23. The number of rotatable bonds is 8. The second kappa shape index (κ2) is 9.39. The Kier molecular flexibility index (Phi) is 7.20. The lowest BCUT2D eigenvalue weighted by Crippen LogP contribution is -2.39. The Labute approximate surface area is 149 Å². The van der Waals surface area contributed by atoms with E-state index in [-0.39, 0.29) is 24.1 Å². The first kappa shape index (κ1) is 18.4. The number of aromatic nitrogens is 2. The summed E-state index contributed by atoms with van der Waals surface area (Å²) < 4.78 is 0.754. The van der Waals surface area contributed by atoms with Crippen molar-refractivity contribution in [2.24, 2.45) is 0 Å². The number of hydrogen-bond acceptors (Lipinski definition) is 6. The zero-order chi connectivity index (χ0) is 17.4. The highest BCUT2D eigenvalue weighted by atomic mass is 32.2. The Morgan fingerprint density at radius 3 is 2.79 bits per heavy atom. The Morgan fingerprint density at radius 2 is 2.12 bits per heavy atom. The zero-order valence-electron chi connectivity index (χ0n) is 13.7. The molecule has 0 saturated heterocycles. The highest BCUT2D eigenvalue weighted by Gasteiger charge is 2.17. The summed E-state index contributed by atoms with van der Waals surface area (Å²) in [5.41, 5.74) is 3.40. The molecule has 0 saturated carbocycles. The van der Waals surface area contributed by atoms with Crippen molar-refractivity contribution in [2.75, 3.05) is 24.2 Å². The van der Waals surface area contributed by atoms with Crippen LogP contribution in [0.15, 0.2) is 34.1 Å². The molecule has 1 heterocycles. The predicted molar refractivity (Wildman–Crippen MR) is 97.3 cm³/mol. The van der Waals surface area contributed by atoms with Gasteiger partial charge in [-0.05, 0) is 25.0 Å². The molecule has 1 N–H and O–H groups in total. The van der Waals surface area contributed by atoms with Crippen molar-refractivity contribution in [2.45, 2.75) is 24.6 Å². The summed E-state index contributed by atoms with van der Waals surface area (Å²) in [6.45, 7) is 4.52. The van der Waals surface area contributed by atoms with E-state index >= 15 is 0 Å². The fourth-order valence-electron chi connectivity index (χ4n) is 2.08. The van der Waals surface area contributed by atoms with Gasteiger partial charge in [-0.3, -0.25) is 9.59 Å². The average molecular weight is 364 g/mol. The molecule has 2 rings (SSSR count). The molecule has 0 bridgehead atoms. The fraction of sp³-hybridized carbons (Fsp3) is 0.375. The van der Waals surface area contributed by atoms with E-state index in [2.05, 4.69) is 15.5 Å². The SMILES string of the molecule is CCCN(CC(=O)Nc1ccccc1C)C(=O)CSc1nncs1. The van der Waals surface area contributed by atoms with Gasteiger partial charge in [0.05, 0.1) is 12.3 Å². The van der Waals surface area contributed by atoms with Crippen molar-refractivity contribution in [3.05, 3.63) is 35.3 Å². The van der Waals surface area contributed by atoms with Crippen LogP contribution in [-0.2, 0) is 9.59 Å². The van der Waals surface area contributed by atoms with Gasteiger partial charge in [0.1, 0.15) is 5.51 Å². The van der Waals surface area contributed by atoms with Crippen LogP contribution in [0.1, 0.15) is 18.9 Å². The molecule has 0 atom stereocenters. The fourth-order valence-corrected chi connectivity index (χ4v) is 3.47. The van der Waals surface area contributed by atoms with Crippen LogP contribution < -0.4 is 5.32 Å². The summed E-state index contributed by atoms with van der Waals surface area (Å²) in [4.78, 5) is 26.2. The molecule has 1 aromatic carbocycles. The van der Waals surface area contributed by atoms with Gasteiger partial charge in [0, 0.05) is 12.2 Å². The lowest BCUT2D eigenvalue weighted by Gasteiger charge is -2.21. The van der Waals surface area contributed by atoms with Gasteiger partial charge >= 0.3 is 0 Å². The maximum atomic E-state index is 12.4. The number of amides is 2. The molecule has 24 heavy (non-hydrogen) atoms. The Bertz CT molecular complexity index is 676. The maximum absolute atomic E-state index is 12.4. The van der Waals surface area contributed by atoms with Crippen molar-refractivity contribution < 1.29 is 9.59 Å². The number of thioether (sulfide) groups is 1. The number of para-hydroxylation sites is 1. The number of nitrogens with zero attached hydrogens (tertiary/aromatic N) is 3.